The van der Waals surface area contributed by atoms with E-state index in [2.05, 4.69) is 59.2 Å². The monoisotopic (exact) mass is 307 g/mol. The normalized spacial score (nSPS) is 21.4. The van der Waals surface area contributed by atoms with Crippen molar-refractivity contribution in [1.29, 1.82) is 0 Å². The molecule has 0 spiro atoms. The first-order valence-electron chi connectivity index (χ1n) is 6.20. The Balaban J connectivity index is 2.25. The molecule has 0 bridgehead atoms. The van der Waals surface area contributed by atoms with Gasteiger partial charge in [-0.15, -0.1) is 0 Å². The Labute approximate surface area is 116 Å². The molecule has 1 aliphatic carbocycles. The van der Waals surface area contributed by atoms with Crippen LogP contribution < -0.4 is 5.73 Å². The third-order valence-corrected chi connectivity index (χ3v) is 5.37. The van der Waals surface area contributed by atoms with Crippen molar-refractivity contribution in [1.82, 2.24) is 9.55 Å². The molecule has 0 unspecified atom stereocenters. The second kappa shape index (κ2) is 3.29. The predicted octanol–water partition coefficient (Wildman–Crippen LogP) is 3.99. The van der Waals surface area contributed by atoms with E-state index < -0.39 is 0 Å². The van der Waals surface area contributed by atoms with E-state index in [1.165, 1.54) is 0 Å². The van der Waals surface area contributed by atoms with Gasteiger partial charge in [0.25, 0.3) is 0 Å². The zero-order chi connectivity index (χ0) is 13.3. The average Bonchev–Trinajstić information content (AvgIpc) is 2.53. The third kappa shape index (κ3) is 1.32. The van der Waals surface area contributed by atoms with Crippen LogP contribution in [0.3, 0.4) is 0 Å². The first-order chi connectivity index (χ1) is 8.26. The molecule has 1 fully saturated rings. The lowest BCUT2D eigenvalue weighted by Gasteiger charge is -2.08. The summed E-state index contributed by atoms with van der Waals surface area (Å²) in [5.41, 5.74) is 8.70. The van der Waals surface area contributed by atoms with E-state index in [0.717, 1.165) is 15.5 Å². The van der Waals surface area contributed by atoms with Crippen molar-refractivity contribution in [2.24, 2.45) is 10.8 Å². The molecule has 1 aliphatic rings. The number of rotatable bonds is 1. The van der Waals surface area contributed by atoms with E-state index in [9.17, 15) is 0 Å². The van der Waals surface area contributed by atoms with Crippen LogP contribution >= 0.6 is 15.9 Å². The highest BCUT2D eigenvalue weighted by atomic mass is 79.9. The van der Waals surface area contributed by atoms with E-state index >= 15 is 0 Å². The van der Waals surface area contributed by atoms with E-state index in [0.29, 0.717) is 12.0 Å². The van der Waals surface area contributed by atoms with Gasteiger partial charge in [-0.1, -0.05) is 43.6 Å². The van der Waals surface area contributed by atoms with Crippen LogP contribution in [0.2, 0.25) is 0 Å². The van der Waals surface area contributed by atoms with Crippen LogP contribution in [-0.2, 0) is 0 Å². The lowest BCUT2D eigenvalue weighted by molar-refractivity contribution is 0.457. The van der Waals surface area contributed by atoms with E-state index in [-0.39, 0.29) is 10.8 Å². The van der Waals surface area contributed by atoms with Crippen LogP contribution in [0.4, 0.5) is 5.95 Å². The van der Waals surface area contributed by atoms with E-state index in [1.54, 1.807) is 0 Å². The minimum absolute atomic E-state index is 0.247. The maximum Gasteiger partial charge on any atom is 0.201 e. The molecule has 96 valence electrons. The quantitative estimate of drug-likeness (QED) is 0.865. The summed E-state index contributed by atoms with van der Waals surface area (Å²) in [6.45, 7) is 9.17. The SMILES string of the molecule is CC1(C)C(n2c(N)nc3ccc(Br)cc32)C1(C)C. The van der Waals surface area contributed by atoms with Crippen LogP contribution in [0, 0.1) is 10.8 Å². The molecule has 18 heavy (non-hydrogen) atoms. The molecule has 2 aromatic rings. The van der Waals surface area contributed by atoms with E-state index in [1.807, 2.05) is 12.1 Å². The highest BCUT2D eigenvalue weighted by Crippen LogP contribution is 2.72. The second-order valence-electron chi connectivity index (χ2n) is 6.32. The number of halogens is 1. The summed E-state index contributed by atoms with van der Waals surface area (Å²) in [4.78, 5) is 4.47. The Kier molecular flexibility index (Phi) is 2.20. The Morgan fingerprint density at radius 2 is 1.83 bits per heavy atom. The summed E-state index contributed by atoms with van der Waals surface area (Å²) in [6.07, 6.45) is 0. The van der Waals surface area contributed by atoms with Crippen molar-refractivity contribution in [2.75, 3.05) is 5.73 Å². The predicted molar refractivity (Wildman–Crippen MR) is 78.4 cm³/mol. The van der Waals surface area contributed by atoms with Crippen molar-refractivity contribution in [3.8, 4) is 0 Å². The van der Waals surface area contributed by atoms with Crippen molar-refractivity contribution < 1.29 is 0 Å². The Hall–Kier alpha value is -1.03. The number of hydrogen-bond donors (Lipinski definition) is 1. The fourth-order valence-electron chi connectivity index (χ4n) is 3.16. The summed E-state index contributed by atoms with van der Waals surface area (Å²) in [5, 5.41) is 0. The maximum absolute atomic E-state index is 6.12. The molecule has 1 aromatic carbocycles. The Bertz CT molecular complexity index is 626. The molecule has 0 atom stereocenters. The Morgan fingerprint density at radius 1 is 1.22 bits per heavy atom. The fourth-order valence-corrected chi connectivity index (χ4v) is 3.51. The average molecular weight is 308 g/mol. The molecule has 0 amide bonds. The van der Waals surface area contributed by atoms with Gasteiger partial charge in [0.2, 0.25) is 5.95 Å². The van der Waals surface area contributed by atoms with Gasteiger partial charge < -0.3 is 10.3 Å². The molecule has 0 aliphatic heterocycles. The Morgan fingerprint density at radius 3 is 2.39 bits per heavy atom. The molecule has 1 aromatic heterocycles. The lowest BCUT2D eigenvalue weighted by atomic mass is 10.0. The maximum atomic E-state index is 6.12. The summed E-state index contributed by atoms with van der Waals surface area (Å²) in [5.74, 6) is 0.617. The van der Waals surface area contributed by atoms with Gasteiger partial charge in [0.15, 0.2) is 0 Å². The minimum Gasteiger partial charge on any atom is -0.369 e. The topological polar surface area (TPSA) is 43.8 Å². The molecule has 2 N–H and O–H groups in total. The first kappa shape index (κ1) is 12.0. The van der Waals surface area contributed by atoms with Crippen molar-refractivity contribution in [3.63, 3.8) is 0 Å². The smallest absolute Gasteiger partial charge is 0.201 e. The van der Waals surface area contributed by atoms with Crippen LogP contribution in [-0.4, -0.2) is 9.55 Å². The number of benzene rings is 1. The highest BCUT2D eigenvalue weighted by molar-refractivity contribution is 9.10. The molecule has 0 saturated heterocycles. The zero-order valence-corrected chi connectivity index (χ0v) is 12.7. The zero-order valence-electron chi connectivity index (χ0n) is 11.2. The van der Waals surface area contributed by atoms with Gasteiger partial charge in [-0.2, -0.15) is 0 Å². The molecule has 0 radical (unpaired) electrons. The summed E-state index contributed by atoms with van der Waals surface area (Å²) < 4.78 is 3.26. The standard InChI is InChI=1S/C14H18BrN3/c1-13(2)11(14(13,3)4)18-10-7-8(15)5-6-9(10)17-12(18)16/h5-7,11H,1-4H3,(H2,16,17). The number of nitrogens with zero attached hydrogens (tertiary/aromatic N) is 2. The second-order valence-corrected chi connectivity index (χ2v) is 7.23. The molecule has 3 rings (SSSR count). The fraction of sp³-hybridized carbons (Fsp3) is 0.500. The summed E-state index contributed by atoms with van der Waals surface area (Å²) in [6, 6.07) is 6.52. The number of fused-ring (bicyclic) bond motifs is 1. The third-order valence-electron chi connectivity index (χ3n) is 4.88. The number of nitrogen functional groups attached to an aromatic ring is 1. The van der Waals surface area contributed by atoms with Gasteiger partial charge >= 0.3 is 0 Å². The van der Waals surface area contributed by atoms with Crippen molar-refractivity contribution >= 4 is 32.9 Å². The van der Waals surface area contributed by atoms with Gasteiger partial charge in [-0.05, 0) is 29.0 Å². The van der Waals surface area contributed by atoms with Gasteiger partial charge in [0.1, 0.15) is 0 Å². The first-order valence-corrected chi connectivity index (χ1v) is 6.99. The van der Waals surface area contributed by atoms with Gasteiger partial charge in [0.05, 0.1) is 11.0 Å². The largest absolute Gasteiger partial charge is 0.369 e. The van der Waals surface area contributed by atoms with Gasteiger partial charge in [0, 0.05) is 10.5 Å². The summed E-state index contributed by atoms with van der Waals surface area (Å²) in [7, 11) is 0. The number of aromatic nitrogens is 2. The molecule has 3 nitrogen and oxygen atoms in total. The van der Waals surface area contributed by atoms with Crippen LogP contribution in [0.1, 0.15) is 33.7 Å². The lowest BCUT2D eigenvalue weighted by Crippen LogP contribution is -2.05. The highest BCUT2D eigenvalue weighted by Gasteiger charge is 2.66. The van der Waals surface area contributed by atoms with Crippen LogP contribution in [0.5, 0.6) is 0 Å². The number of hydrogen-bond acceptors (Lipinski definition) is 2. The van der Waals surface area contributed by atoms with Crippen molar-refractivity contribution in [2.45, 2.75) is 33.7 Å². The van der Waals surface area contributed by atoms with Crippen LogP contribution in [0.25, 0.3) is 11.0 Å². The number of nitrogens with two attached hydrogens (primary N) is 1. The van der Waals surface area contributed by atoms with Gasteiger partial charge in [-0.25, -0.2) is 4.98 Å². The van der Waals surface area contributed by atoms with Crippen molar-refractivity contribution in [3.05, 3.63) is 22.7 Å². The summed E-state index contributed by atoms with van der Waals surface area (Å²) >= 11 is 3.52. The molecule has 1 heterocycles. The molecule has 1 saturated carbocycles. The van der Waals surface area contributed by atoms with E-state index in [4.69, 9.17) is 5.73 Å². The number of anilines is 1. The molecular formula is C14H18BrN3. The van der Waals surface area contributed by atoms with Crippen LogP contribution in [0.15, 0.2) is 22.7 Å². The van der Waals surface area contributed by atoms with Gasteiger partial charge in [-0.3, -0.25) is 0 Å². The number of imidazole rings is 1. The molecule has 4 heteroatoms. The molecular weight excluding hydrogens is 290 g/mol. The minimum atomic E-state index is 0.247.